The summed E-state index contributed by atoms with van der Waals surface area (Å²) in [4.78, 5) is 0. The maximum absolute atomic E-state index is 2.40. The lowest BCUT2D eigenvalue weighted by molar-refractivity contribution is 0.667. The van der Waals surface area contributed by atoms with Crippen molar-refractivity contribution in [3.8, 4) is 55.6 Å². The lowest BCUT2D eigenvalue weighted by Crippen LogP contribution is -2.01. The van der Waals surface area contributed by atoms with Crippen molar-refractivity contribution in [3.05, 3.63) is 193 Å². The molecule has 0 fully saturated rings. The molecule has 0 aromatic heterocycles. The van der Waals surface area contributed by atoms with Crippen molar-refractivity contribution in [2.24, 2.45) is 0 Å². The summed E-state index contributed by atoms with van der Waals surface area (Å²) < 4.78 is 0. The Hall–Kier alpha value is -6.24. The third-order valence-corrected chi connectivity index (χ3v) is 11.4. The number of benzene rings is 9. The van der Waals surface area contributed by atoms with Gasteiger partial charge in [0.15, 0.2) is 0 Å². The van der Waals surface area contributed by atoms with Crippen LogP contribution in [-0.4, -0.2) is 0 Å². The summed E-state index contributed by atoms with van der Waals surface area (Å²) in [5.41, 5.74) is 15.6. The highest BCUT2D eigenvalue weighted by atomic mass is 14.2. The van der Waals surface area contributed by atoms with Crippen LogP contribution in [0.4, 0.5) is 0 Å². The molecule has 260 valence electrons. The third kappa shape index (κ3) is 5.89. The highest BCUT2D eigenvalue weighted by molar-refractivity contribution is 6.21. The van der Waals surface area contributed by atoms with Gasteiger partial charge in [-0.15, -0.1) is 0 Å². The molecule has 0 aliphatic carbocycles. The predicted octanol–water partition coefficient (Wildman–Crippen LogP) is 15.7. The average Bonchev–Trinajstić information content (AvgIpc) is 3.23. The maximum Gasteiger partial charge on any atom is -0.00264 e. The van der Waals surface area contributed by atoms with E-state index in [1.165, 1.54) is 99.1 Å². The standard InChI is InChI=1S/C54H44/c1-4-15-37(3)52-46(26-14-27-47(52)43-19-7-5-16-36(43)2)40-30-34-42(35-31-40)54-50-23-11-9-21-48(50)53(49-22-10-12-24-51(49)54)41-32-28-39(29-33-41)45-25-13-18-38-17-6-8-20-44(38)45/h5-14,16-35,37H,4,15H2,1-3H3. The van der Waals surface area contributed by atoms with Crippen LogP contribution >= 0.6 is 0 Å². The summed E-state index contributed by atoms with van der Waals surface area (Å²) in [6.45, 7) is 6.92. The molecule has 0 N–H and O–H groups in total. The normalized spacial score (nSPS) is 12.1. The van der Waals surface area contributed by atoms with Crippen LogP contribution in [0.15, 0.2) is 182 Å². The van der Waals surface area contributed by atoms with Gasteiger partial charge in [0.2, 0.25) is 0 Å². The predicted molar refractivity (Wildman–Crippen MR) is 234 cm³/mol. The first-order valence-corrected chi connectivity index (χ1v) is 19.4. The molecule has 0 saturated carbocycles. The van der Waals surface area contributed by atoms with Gasteiger partial charge in [-0.25, -0.2) is 0 Å². The van der Waals surface area contributed by atoms with Crippen LogP contribution in [0.2, 0.25) is 0 Å². The number of aryl methyl sites for hydroxylation is 1. The molecule has 1 unspecified atom stereocenters. The van der Waals surface area contributed by atoms with Gasteiger partial charge in [-0.1, -0.05) is 202 Å². The number of hydrogen-bond donors (Lipinski definition) is 0. The van der Waals surface area contributed by atoms with Crippen LogP contribution in [0.1, 0.15) is 43.7 Å². The summed E-state index contributed by atoms with van der Waals surface area (Å²) in [5.74, 6) is 0.446. The first kappa shape index (κ1) is 33.6. The zero-order valence-corrected chi connectivity index (χ0v) is 31.3. The molecule has 54 heavy (non-hydrogen) atoms. The highest BCUT2D eigenvalue weighted by Crippen LogP contribution is 2.45. The lowest BCUT2D eigenvalue weighted by atomic mass is 9.82. The summed E-state index contributed by atoms with van der Waals surface area (Å²) in [5, 5.41) is 7.64. The molecule has 0 heterocycles. The Kier molecular flexibility index (Phi) is 8.89. The van der Waals surface area contributed by atoms with E-state index in [9.17, 15) is 0 Å². The molecule has 9 aromatic rings. The number of fused-ring (bicyclic) bond motifs is 3. The van der Waals surface area contributed by atoms with E-state index in [0.717, 1.165) is 12.8 Å². The van der Waals surface area contributed by atoms with Gasteiger partial charge in [-0.3, -0.25) is 0 Å². The van der Waals surface area contributed by atoms with Crippen LogP contribution in [0.25, 0.3) is 88.0 Å². The van der Waals surface area contributed by atoms with E-state index >= 15 is 0 Å². The second-order valence-corrected chi connectivity index (χ2v) is 14.8. The second kappa shape index (κ2) is 14.3. The van der Waals surface area contributed by atoms with Gasteiger partial charge in [0.25, 0.3) is 0 Å². The molecule has 0 spiro atoms. The molecule has 0 saturated heterocycles. The molecule has 0 bridgehead atoms. The van der Waals surface area contributed by atoms with Crippen molar-refractivity contribution in [1.29, 1.82) is 0 Å². The minimum Gasteiger partial charge on any atom is -0.0654 e. The van der Waals surface area contributed by atoms with Crippen molar-refractivity contribution < 1.29 is 0 Å². The van der Waals surface area contributed by atoms with Crippen molar-refractivity contribution >= 4 is 32.3 Å². The van der Waals surface area contributed by atoms with Gasteiger partial charge >= 0.3 is 0 Å². The van der Waals surface area contributed by atoms with Crippen LogP contribution in [-0.2, 0) is 0 Å². The van der Waals surface area contributed by atoms with Crippen molar-refractivity contribution in [2.75, 3.05) is 0 Å². The summed E-state index contributed by atoms with van der Waals surface area (Å²) in [6.07, 6.45) is 2.32. The van der Waals surface area contributed by atoms with E-state index in [4.69, 9.17) is 0 Å². The Balaban J connectivity index is 1.17. The van der Waals surface area contributed by atoms with Crippen molar-refractivity contribution in [3.63, 3.8) is 0 Å². The van der Waals surface area contributed by atoms with E-state index in [-0.39, 0.29) is 0 Å². The fraction of sp³-hybridized carbons (Fsp3) is 0.111. The largest absolute Gasteiger partial charge is 0.0654 e. The zero-order chi connectivity index (χ0) is 36.6. The molecule has 0 aliphatic rings. The topological polar surface area (TPSA) is 0 Å². The molecule has 0 radical (unpaired) electrons. The zero-order valence-electron chi connectivity index (χ0n) is 31.3. The molecule has 0 heteroatoms. The molecular formula is C54H44. The van der Waals surface area contributed by atoms with Crippen molar-refractivity contribution in [2.45, 2.75) is 39.5 Å². The van der Waals surface area contributed by atoms with Crippen LogP contribution in [0.5, 0.6) is 0 Å². The summed E-state index contributed by atoms with van der Waals surface area (Å²) in [7, 11) is 0. The molecular weight excluding hydrogens is 649 g/mol. The quantitative estimate of drug-likeness (QED) is 0.139. The molecule has 9 rings (SSSR count). The van der Waals surface area contributed by atoms with Gasteiger partial charge in [0.05, 0.1) is 0 Å². The Morgan fingerprint density at radius 2 is 0.778 bits per heavy atom. The Morgan fingerprint density at radius 3 is 1.35 bits per heavy atom. The van der Waals surface area contributed by atoms with Crippen LogP contribution in [0.3, 0.4) is 0 Å². The minimum atomic E-state index is 0.446. The average molecular weight is 693 g/mol. The minimum absolute atomic E-state index is 0.446. The fourth-order valence-electron chi connectivity index (χ4n) is 8.90. The smallest absolute Gasteiger partial charge is 0.00264 e. The van der Waals surface area contributed by atoms with Gasteiger partial charge in [-0.2, -0.15) is 0 Å². The maximum atomic E-state index is 2.40. The van der Waals surface area contributed by atoms with E-state index in [2.05, 4.69) is 203 Å². The van der Waals surface area contributed by atoms with Crippen LogP contribution in [0, 0.1) is 6.92 Å². The second-order valence-electron chi connectivity index (χ2n) is 14.8. The monoisotopic (exact) mass is 692 g/mol. The Morgan fingerprint density at radius 1 is 0.370 bits per heavy atom. The van der Waals surface area contributed by atoms with Crippen molar-refractivity contribution in [1.82, 2.24) is 0 Å². The van der Waals surface area contributed by atoms with Crippen LogP contribution < -0.4 is 0 Å². The van der Waals surface area contributed by atoms with E-state index in [0.29, 0.717) is 5.92 Å². The first-order chi connectivity index (χ1) is 26.6. The van der Waals surface area contributed by atoms with Gasteiger partial charge < -0.3 is 0 Å². The number of hydrogen-bond acceptors (Lipinski definition) is 0. The Labute approximate surface area is 319 Å². The van der Waals surface area contributed by atoms with E-state index in [1.807, 2.05) is 0 Å². The summed E-state index contributed by atoms with van der Waals surface area (Å²) in [6, 6.07) is 67.4. The van der Waals surface area contributed by atoms with Gasteiger partial charge in [0, 0.05) is 0 Å². The SMILES string of the molecule is CCCC(C)c1c(-c2ccc(-c3c4ccccc4c(-c4ccc(-c5cccc6ccccc56)cc4)c4ccccc34)cc2)cccc1-c1ccccc1C. The van der Waals surface area contributed by atoms with E-state index in [1.54, 1.807) is 0 Å². The molecule has 0 nitrogen and oxygen atoms in total. The van der Waals surface area contributed by atoms with Gasteiger partial charge in [-0.05, 0) is 118 Å². The molecule has 9 aromatic carbocycles. The molecule has 0 aliphatic heterocycles. The molecule has 1 atom stereocenters. The highest BCUT2D eigenvalue weighted by Gasteiger charge is 2.20. The number of rotatable bonds is 8. The van der Waals surface area contributed by atoms with Gasteiger partial charge in [0.1, 0.15) is 0 Å². The first-order valence-electron chi connectivity index (χ1n) is 19.4. The fourth-order valence-corrected chi connectivity index (χ4v) is 8.90. The third-order valence-electron chi connectivity index (χ3n) is 11.4. The molecule has 0 amide bonds. The van der Waals surface area contributed by atoms with E-state index < -0.39 is 0 Å². The Bertz CT molecular complexity index is 2720. The lowest BCUT2D eigenvalue weighted by Gasteiger charge is -2.22. The summed E-state index contributed by atoms with van der Waals surface area (Å²) >= 11 is 0.